The molecule has 20 heavy (non-hydrogen) atoms. The highest BCUT2D eigenvalue weighted by Crippen LogP contribution is 2.31. The van der Waals surface area contributed by atoms with Gasteiger partial charge in [-0.1, -0.05) is 12.1 Å². The number of methoxy groups -OCH3 is 1. The molecule has 0 amide bonds. The Balaban J connectivity index is 2.32. The molecule has 0 unspecified atom stereocenters. The van der Waals surface area contributed by atoms with Gasteiger partial charge in [0.1, 0.15) is 0 Å². The SMILES string of the molecule is COc1cc(C(F)(F)F)nn1Cc1ccc(N)c(C)c1. The maximum absolute atomic E-state index is 12.6. The number of halogens is 3. The molecule has 0 bridgehead atoms. The van der Waals surface area contributed by atoms with Crippen LogP contribution in [0, 0.1) is 6.92 Å². The lowest BCUT2D eigenvalue weighted by Crippen LogP contribution is -2.09. The lowest BCUT2D eigenvalue weighted by molar-refractivity contribution is -0.141. The number of nitrogens with two attached hydrogens (primary N) is 1. The molecule has 2 rings (SSSR count). The van der Waals surface area contributed by atoms with E-state index in [0.717, 1.165) is 17.2 Å². The fourth-order valence-corrected chi connectivity index (χ4v) is 1.82. The van der Waals surface area contributed by atoms with Crippen LogP contribution >= 0.6 is 0 Å². The van der Waals surface area contributed by atoms with Gasteiger partial charge in [0.05, 0.1) is 13.7 Å². The molecule has 2 N–H and O–H groups in total. The number of ether oxygens (including phenoxy) is 1. The number of aryl methyl sites for hydroxylation is 1. The predicted molar refractivity (Wildman–Crippen MR) is 68.5 cm³/mol. The Labute approximate surface area is 114 Å². The molecule has 108 valence electrons. The number of nitrogens with zero attached hydrogens (tertiary/aromatic N) is 2. The average Bonchev–Trinajstić information content (AvgIpc) is 2.77. The monoisotopic (exact) mass is 285 g/mol. The van der Waals surface area contributed by atoms with Crippen LogP contribution in [0.2, 0.25) is 0 Å². The summed E-state index contributed by atoms with van der Waals surface area (Å²) in [4.78, 5) is 0. The quantitative estimate of drug-likeness (QED) is 0.882. The van der Waals surface area contributed by atoms with E-state index in [1.54, 1.807) is 12.1 Å². The van der Waals surface area contributed by atoms with Crippen LogP contribution in [-0.4, -0.2) is 16.9 Å². The summed E-state index contributed by atoms with van der Waals surface area (Å²) < 4.78 is 44.0. The van der Waals surface area contributed by atoms with E-state index in [1.165, 1.54) is 11.8 Å². The van der Waals surface area contributed by atoms with Gasteiger partial charge in [-0.05, 0) is 24.1 Å². The molecule has 0 saturated heterocycles. The largest absolute Gasteiger partial charge is 0.481 e. The van der Waals surface area contributed by atoms with E-state index in [4.69, 9.17) is 10.5 Å². The van der Waals surface area contributed by atoms with Crippen molar-refractivity contribution in [1.82, 2.24) is 9.78 Å². The van der Waals surface area contributed by atoms with Gasteiger partial charge in [-0.3, -0.25) is 0 Å². The van der Waals surface area contributed by atoms with Crippen molar-refractivity contribution in [3.8, 4) is 5.88 Å². The third-order valence-corrected chi connectivity index (χ3v) is 2.91. The minimum atomic E-state index is -4.49. The number of nitrogen functional groups attached to an aromatic ring is 1. The van der Waals surface area contributed by atoms with Crippen LogP contribution in [0.1, 0.15) is 16.8 Å². The molecule has 1 aromatic heterocycles. The zero-order valence-corrected chi connectivity index (χ0v) is 11.0. The summed E-state index contributed by atoms with van der Waals surface area (Å²) in [6, 6.07) is 6.15. The summed E-state index contributed by atoms with van der Waals surface area (Å²) in [6.45, 7) is 2.01. The fraction of sp³-hybridized carbons (Fsp3) is 0.308. The minimum absolute atomic E-state index is 0.0619. The normalized spacial score (nSPS) is 11.7. The Morgan fingerprint density at radius 1 is 1.30 bits per heavy atom. The smallest absolute Gasteiger partial charge is 0.435 e. The number of hydrogen-bond acceptors (Lipinski definition) is 3. The number of benzene rings is 1. The minimum Gasteiger partial charge on any atom is -0.481 e. The van der Waals surface area contributed by atoms with Crippen molar-refractivity contribution in [1.29, 1.82) is 0 Å². The molecule has 2 aromatic rings. The number of anilines is 1. The number of hydrogen-bond donors (Lipinski definition) is 1. The molecule has 1 aromatic carbocycles. The van der Waals surface area contributed by atoms with Crippen LogP contribution < -0.4 is 10.5 Å². The van der Waals surface area contributed by atoms with E-state index >= 15 is 0 Å². The van der Waals surface area contributed by atoms with E-state index in [-0.39, 0.29) is 12.4 Å². The Morgan fingerprint density at radius 3 is 2.55 bits per heavy atom. The van der Waals surface area contributed by atoms with Crippen molar-refractivity contribution in [2.75, 3.05) is 12.8 Å². The standard InChI is InChI=1S/C13H14F3N3O/c1-8-5-9(3-4-10(8)17)7-19-12(20-2)6-11(18-19)13(14,15)16/h3-6H,7,17H2,1-2H3. The number of alkyl halides is 3. The molecule has 7 heteroatoms. The molecule has 1 heterocycles. The van der Waals surface area contributed by atoms with E-state index in [1.807, 2.05) is 13.0 Å². The zero-order chi connectivity index (χ0) is 14.9. The van der Waals surface area contributed by atoms with Gasteiger partial charge in [-0.2, -0.15) is 18.3 Å². The highest BCUT2D eigenvalue weighted by molar-refractivity contribution is 5.47. The number of aromatic nitrogens is 2. The highest BCUT2D eigenvalue weighted by Gasteiger charge is 2.35. The molecule has 0 fully saturated rings. The number of rotatable bonds is 3. The second-order valence-corrected chi connectivity index (χ2v) is 4.42. The lowest BCUT2D eigenvalue weighted by atomic mass is 10.1. The second-order valence-electron chi connectivity index (χ2n) is 4.42. The van der Waals surface area contributed by atoms with E-state index in [2.05, 4.69) is 5.10 Å². The molecule has 0 atom stereocenters. The summed E-state index contributed by atoms with van der Waals surface area (Å²) in [5.74, 6) is 0.0619. The third-order valence-electron chi connectivity index (χ3n) is 2.91. The van der Waals surface area contributed by atoms with Crippen molar-refractivity contribution in [3.05, 3.63) is 41.1 Å². The Morgan fingerprint density at radius 2 is 2.00 bits per heavy atom. The van der Waals surface area contributed by atoms with Gasteiger partial charge in [0.15, 0.2) is 5.69 Å². The average molecular weight is 285 g/mol. The zero-order valence-electron chi connectivity index (χ0n) is 11.0. The van der Waals surface area contributed by atoms with Gasteiger partial charge < -0.3 is 10.5 Å². The lowest BCUT2D eigenvalue weighted by Gasteiger charge is -2.08. The Hall–Kier alpha value is -2.18. The summed E-state index contributed by atoms with van der Waals surface area (Å²) >= 11 is 0. The van der Waals surface area contributed by atoms with Gasteiger partial charge in [-0.15, -0.1) is 0 Å². The second kappa shape index (κ2) is 5.07. The first-order chi connectivity index (χ1) is 9.31. The van der Waals surface area contributed by atoms with Crippen LogP contribution in [0.3, 0.4) is 0 Å². The van der Waals surface area contributed by atoms with Gasteiger partial charge in [0.25, 0.3) is 0 Å². The van der Waals surface area contributed by atoms with Crippen LogP contribution in [0.15, 0.2) is 24.3 Å². The van der Waals surface area contributed by atoms with Gasteiger partial charge in [-0.25, -0.2) is 4.68 Å². The predicted octanol–water partition coefficient (Wildman–Crippen LogP) is 2.85. The van der Waals surface area contributed by atoms with Crippen molar-refractivity contribution < 1.29 is 17.9 Å². The molecule has 0 spiro atoms. The molecule has 0 aliphatic heterocycles. The van der Waals surface area contributed by atoms with Crippen molar-refractivity contribution >= 4 is 5.69 Å². The first-order valence-electron chi connectivity index (χ1n) is 5.85. The van der Waals surface area contributed by atoms with Crippen molar-refractivity contribution in [2.45, 2.75) is 19.6 Å². The summed E-state index contributed by atoms with van der Waals surface area (Å²) in [7, 11) is 1.31. The molecule has 0 aliphatic rings. The highest BCUT2D eigenvalue weighted by atomic mass is 19.4. The van der Waals surface area contributed by atoms with Gasteiger partial charge in [0.2, 0.25) is 5.88 Å². The van der Waals surface area contributed by atoms with E-state index in [9.17, 15) is 13.2 Å². The van der Waals surface area contributed by atoms with Crippen LogP contribution in [0.4, 0.5) is 18.9 Å². The summed E-state index contributed by atoms with van der Waals surface area (Å²) in [5, 5.41) is 3.54. The van der Waals surface area contributed by atoms with Crippen LogP contribution in [0.5, 0.6) is 5.88 Å². The molecular formula is C13H14F3N3O. The fourth-order valence-electron chi connectivity index (χ4n) is 1.82. The first-order valence-corrected chi connectivity index (χ1v) is 5.85. The Kier molecular flexibility index (Phi) is 3.61. The summed E-state index contributed by atoms with van der Waals surface area (Å²) in [5.41, 5.74) is 7.03. The molecule has 0 radical (unpaired) electrons. The van der Waals surface area contributed by atoms with Crippen LogP contribution in [-0.2, 0) is 12.7 Å². The van der Waals surface area contributed by atoms with E-state index < -0.39 is 11.9 Å². The third kappa shape index (κ3) is 2.87. The van der Waals surface area contributed by atoms with Crippen LogP contribution in [0.25, 0.3) is 0 Å². The van der Waals surface area contributed by atoms with Gasteiger partial charge >= 0.3 is 6.18 Å². The first kappa shape index (κ1) is 14.2. The van der Waals surface area contributed by atoms with Gasteiger partial charge in [0, 0.05) is 11.8 Å². The van der Waals surface area contributed by atoms with E-state index in [0.29, 0.717) is 5.69 Å². The Bertz CT molecular complexity index is 620. The van der Waals surface area contributed by atoms with Crippen molar-refractivity contribution in [2.24, 2.45) is 0 Å². The molecule has 0 saturated carbocycles. The maximum Gasteiger partial charge on any atom is 0.435 e. The molecule has 4 nitrogen and oxygen atoms in total. The van der Waals surface area contributed by atoms with Crippen molar-refractivity contribution in [3.63, 3.8) is 0 Å². The molecular weight excluding hydrogens is 271 g/mol. The topological polar surface area (TPSA) is 53.1 Å². The summed E-state index contributed by atoms with van der Waals surface area (Å²) in [6.07, 6.45) is -4.49. The molecule has 0 aliphatic carbocycles. The maximum atomic E-state index is 12.6.